The van der Waals surface area contributed by atoms with E-state index in [0.29, 0.717) is 34.8 Å². The van der Waals surface area contributed by atoms with Gasteiger partial charge in [-0.05, 0) is 61.7 Å². The number of fused-ring (bicyclic) bond motifs is 1. The zero-order chi connectivity index (χ0) is 21.8. The van der Waals surface area contributed by atoms with Gasteiger partial charge in [0.1, 0.15) is 11.3 Å². The van der Waals surface area contributed by atoms with Gasteiger partial charge in [-0.15, -0.1) is 0 Å². The number of hydrogen-bond donors (Lipinski definition) is 1. The molecule has 0 atom stereocenters. The molecule has 156 valence electrons. The monoisotopic (exact) mass is 413 g/mol. The van der Waals surface area contributed by atoms with E-state index in [1.54, 1.807) is 12.1 Å². The van der Waals surface area contributed by atoms with Gasteiger partial charge in [0, 0.05) is 17.4 Å². The van der Waals surface area contributed by atoms with Crippen LogP contribution in [0.25, 0.3) is 11.0 Å². The Bertz CT molecular complexity index is 1290. The maximum atomic E-state index is 12.6. The Balaban J connectivity index is 1.48. The SMILES string of the molecule is Cc1ccc2c(C)c(CCC(=O)Nc3ccccc3Oc3ccccc3)c(=O)oc2c1. The second-order valence-corrected chi connectivity index (χ2v) is 7.45. The average molecular weight is 413 g/mol. The van der Waals surface area contributed by atoms with Crippen molar-refractivity contribution in [1.29, 1.82) is 0 Å². The van der Waals surface area contributed by atoms with Crippen LogP contribution in [-0.4, -0.2) is 5.91 Å². The molecule has 5 nitrogen and oxygen atoms in total. The van der Waals surface area contributed by atoms with E-state index in [2.05, 4.69) is 5.32 Å². The molecule has 0 saturated heterocycles. The smallest absolute Gasteiger partial charge is 0.339 e. The predicted octanol–water partition coefficient (Wildman–Crippen LogP) is 5.77. The van der Waals surface area contributed by atoms with E-state index in [4.69, 9.17) is 9.15 Å². The second-order valence-electron chi connectivity index (χ2n) is 7.45. The Morgan fingerprint density at radius 1 is 0.968 bits per heavy atom. The highest BCUT2D eigenvalue weighted by Gasteiger charge is 2.14. The van der Waals surface area contributed by atoms with Crippen molar-refractivity contribution in [1.82, 2.24) is 0 Å². The summed E-state index contributed by atoms with van der Waals surface area (Å²) in [5, 5.41) is 3.78. The van der Waals surface area contributed by atoms with E-state index in [-0.39, 0.29) is 12.3 Å². The summed E-state index contributed by atoms with van der Waals surface area (Å²) in [5.41, 5.74) is 3.17. The molecule has 0 aliphatic rings. The molecule has 1 heterocycles. The zero-order valence-corrected chi connectivity index (χ0v) is 17.5. The van der Waals surface area contributed by atoms with E-state index in [0.717, 1.165) is 16.5 Å². The molecule has 0 spiro atoms. The highest BCUT2D eigenvalue weighted by Crippen LogP contribution is 2.29. The van der Waals surface area contributed by atoms with E-state index in [1.165, 1.54) is 0 Å². The van der Waals surface area contributed by atoms with Crippen LogP contribution in [0.5, 0.6) is 11.5 Å². The number of aryl methyl sites for hydroxylation is 2. The summed E-state index contributed by atoms with van der Waals surface area (Å²) in [4.78, 5) is 25.1. The number of para-hydroxylation sites is 3. The van der Waals surface area contributed by atoms with Gasteiger partial charge in [0.25, 0.3) is 0 Å². The normalized spacial score (nSPS) is 10.8. The minimum atomic E-state index is -0.392. The van der Waals surface area contributed by atoms with Gasteiger partial charge in [0.05, 0.1) is 5.69 Å². The first-order valence-corrected chi connectivity index (χ1v) is 10.2. The molecule has 0 aliphatic heterocycles. The third kappa shape index (κ3) is 4.67. The Kier molecular flexibility index (Phi) is 5.85. The van der Waals surface area contributed by atoms with E-state index >= 15 is 0 Å². The molecule has 0 saturated carbocycles. The van der Waals surface area contributed by atoms with Gasteiger partial charge in [-0.3, -0.25) is 4.79 Å². The van der Waals surface area contributed by atoms with Crippen LogP contribution in [0.2, 0.25) is 0 Å². The van der Waals surface area contributed by atoms with Crippen molar-refractivity contribution >= 4 is 22.6 Å². The van der Waals surface area contributed by atoms with Gasteiger partial charge >= 0.3 is 5.63 Å². The minimum absolute atomic E-state index is 0.155. The van der Waals surface area contributed by atoms with E-state index < -0.39 is 5.63 Å². The van der Waals surface area contributed by atoms with Crippen LogP contribution in [-0.2, 0) is 11.2 Å². The standard InChI is InChI=1S/C26H23NO4/c1-17-12-13-20-18(2)21(26(29)31-24(20)16-17)14-15-25(28)27-22-10-6-7-11-23(22)30-19-8-4-3-5-9-19/h3-13,16H,14-15H2,1-2H3,(H,27,28). The van der Waals surface area contributed by atoms with Gasteiger partial charge in [-0.2, -0.15) is 0 Å². The summed E-state index contributed by atoms with van der Waals surface area (Å²) in [6.07, 6.45) is 0.453. The third-order valence-corrected chi connectivity index (χ3v) is 5.18. The van der Waals surface area contributed by atoms with Gasteiger partial charge in [-0.25, -0.2) is 4.79 Å². The fourth-order valence-corrected chi connectivity index (χ4v) is 3.52. The fraction of sp³-hybridized carbons (Fsp3) is 0.154. The van der Waals surface area contributed by atoms with Crippen LogP contribution in [0, 0.1) is 13.8 Å². The lowest BCUT2D eigenvalue weighted by molar-refractivity contribution is -0.116. The number of nitrogens with one attached hydrogen (secondary N) is 1. The largest absolute Gasteiger partial charge is 0.455 e. The van der Waals surface area contributed by atoms with Crippen molar-refractivity contribution in [2.24, 2.45) is 0 Å². The van der Waals surface area contributed by atoms with Crippen LogP contribution in [0.15, 0.2) is 82.0 Å². The van der Waals surface area contributed by atoms with Gasteiger partial charge < -0.3 is 14.5 Å². The van der Waals surface area contributed by atoms with Crippen LogP contribution in [0.3, 0.4) is 0 Å². The lowest BCUT2D eigenvalue weighted by atomic mass is 10.0. The Hall–Kier alpha value is -3.86. The lowest BCUT2D eigenvalue weighted by Crippen LogP contribution is -2.17. The first kappa shape index (κ1) is 20.4. The lowest BCUT2D eigenvalue weighted by Gasteiger charge is -2.12. The summed E-state index contributed by atoms with van der Waals surface area (Å²) >= 11 is 0. The van der Waals surface area contributed by atoms with Crippen molar-refractivity contribution in [2.45, 2.75) is 26.7 Å². The summed E-state index contributed by atoms with van der Waals surface area (Å²) in [7, 11) is 0. The molecule has 0 aliphatic carbocycles. The molecule has 0 bridgehead atoms. The molecule has 4 rings (SSSR count). The van der Waals surface area contributed by atoms with Crippen LogP contribution in [0.4, 0.5) is 5.69 Å². The number of carbonyl (C=O) groups is 1. The number of benzene rings is 3. The average Bonchev–Trinajstić information content (AvgIpc) is 2.75. The van der Waals surface area contributed by atoms with E-state index in [1.807, 2.05) is 74.5 Å². The van der Waals surface area contributed by atoms with E-state index in [9.17, 15) is 9.59 Å². The maximum absolute atomic E-state index is 12.6. The molecule has 1 amide bonds. The Morgan fingerprint density at radius 2 is 1.71 bits per heavy atom. The Labute approximate surface area is 180 Å². The molecular weight excluding hydrogens is 390 g/mol. The number of carbonyl (C=O) groups excluding carboxylic acids is 1. The summed E-state index contributed by atoms with van der Waals surface area (Å²) in [6, 6.07) is 22.4. The first-order chi connectivity index (χ1) is 15.0. The molecule has 1 N–H and O–H groups in total. The molecule has 3 aromatic carbocycles. The quantitative estimate of drug-likeness (QED) is 0.407. The predicted molar refractivity (Wildman–Crippen MR) is 122 cm³/mol. The summed E-state index contributed by atoms with van der Waals surface area (Å²) in [6.45, 7) is 3.84. The molecule has 1 aromatic heterocycles. The van der Waals surface area contributed by atoms with Crippen molar-refractivity contribution < 1.29 is 13.9 Å². The first-order valence-electron chi connectivity index (χ1n) is 10.2. The molecule has 0 radical (unpaired) electrons. The highest BCUT2D eigenvalue weighted by molar-refractivity contribution is 5.92. The molecule has 0 unspecified atom stereocenters. The molecular formula is C26H23NO4. The summed E-state index contributed by atoms with van der Waals surface area (Å²) < 4.78 is 11.4. The topological polar surface area (TPSA) is 68.5 Å². The van der Waals surface area contributed by atoms with Crippen LogP contribution >= 0.6 is 0 Å². The van der Waals surface area contributed by atoms with Crippen LogP contribution < -0.4 is 15.7 Å². The number of amides is 1. The minimum Gasteiger partial charge on any atom is -0.455 e. The number of hydrogen-bond acceptors (Lipinski definition) is 4. The number of rotatable bonds is 6. The summed E-state index contributed by atoms with van der Waals surface area (Å²) in [5.74, 6) is 1.04. The molecule has 31 heavy (non-hydrogen) atoms. The van der Waals surface area contributed by atoms with Gasteiger partial charge in [-0.1, -0.05) is 42.5 Å². The van der Waals surface area contributed by atoms with Crippen molar-refractivity contribution in [3.8, 4) is 11.5 Å². The van der Waals surface area contributed by atoms with Crippen molar-refractivity contribution in [3.63, 3.8) is 0 Å². The van der Waals surface area contributed by atoms with Crippen molar-refractivity contribution in [3.05, 3.63) is 99.9 Å². The second kappa shape index (κ2) is 8.88. The zero-order valence-electron chi connectivity index (χ0n) is 17.5. The van der Waals surface area contributed by atoms with Crippen LogP contribution in [0.1, 0.15) is 23.1 Å². The molecule has 4 aromatic rings. The third-order valence-electron chi connectivity index (χ3n) is 5.18. The maximum Gasteiger partial charge on any atom is 0.339 e. The van der Waals surface area contributed by atoms with Gasteiger partial charge in [0.2, 0.25) is 5.91 Å². The molecule has 5 heteroatoms. The fourth-order valence-electron chi connectivity index (χ4n) is 3.52. The number of ether oxygens (including phenoxy) is 1. The Morgan fingerprint density at radius 3 is 2.52 bits per heavy atom. The molecule has 0 fully saturated rings. The van der Waals surface area contributed by atoms with Gasteiger partial charge in [0.15, 0.2) is 5.75 Å². The number of anilines is 1. The van der Waals surface area contributed by atoms with Crippen molar-refractivity contribution in [2.75, 3.05) is 5.32 Å². The highest BCUT2D eigenvalue weighted by atomic mass is 16.5.